The van der Waals surface area contributed by atoms with Crippen LogP contribution in [0.25, 0.3) is 0 Å². The van der Waals surface area contributed by atoms with E-state index in [4.69, 9.17) is 9.84 Å². The van der Waals surface area contributed by atoms with Gasteiger partial charge in [-0.2, -0.15) is 0 Å². The number of carbonyl (C=O) groups is 1. The Morgan fingerprint density at radius 2 is 2.05 bits per heavy atom. The molecule has 0 fully saturated rings. The minimum Gasteiger partial charge on any atom is -0.477 e. The van der Waals surface area contributed by atoms with Crippen LogP contribution in [0.1, 0.15) is 15.9 Å². The van der Waals surface area contributed by atoms with Crippen molar-refractivity contribution in [2.24, 2.45) is 0 Å². The van der Waals surface area contributed by atoms with Gasteiger partial charge in [-0.15, -0.1) is 0 Å². The number of nitrogens with one attached hydrogen (secondary N) is 1. The summed E-state index contributed by atoms with van der Waals surface area (Å²) in [5.41, 5.74) is 1.79. The van der Waals surface area contributed by atoms with E-state index < -0.39 is 0 Å². The summed E-state index contributed by atoms with van der Waals surface area (Å²) in [4.78, 5) is 15.0. The lowest BCUT2D eigenvalue weighted by Crippen LogP contribution is -2.23. The Bertz CT molecular complexity index is 535. The second-order valence-corrected chi connectivity index (χ2v) is 4.10. The summed E-state index contributed by atoms with van der Waals surface area (Å²) < 4.78 is 5.19. The first kappa shape index (κ1) is 14.0. The summed E-state index contributed by atoms with van der Waals surface area (Å²) >= 11 is 0. The summed E-state index contributed by atoms with van der Waals surface area (Å²) in [6, 6.07) is 12.7. The van der Waals surface area contributed by atoms with Crippen molar-refractivity contribution in [1.82, 2.24) is 10.3 Å². The highest BCUT2D eigenvalue weighted by Gasteiger charge is 2.10. The molecule has 0 aliphatic carbocycles. The van der Waals surface area contributed by atoms with E-state index in [2.05, 4.69) is 16.4 Å². The van der Waals surface area contributed by atoms with E-state index in [1.165, 1.54) is 5.56 Å². The first-order valence-electron chi connectivity index (χ1n) is 6.32. The lowest BCUT2D eigenvalue weighted by atomic mass is 10.2. The molecule has 2 N–H and O–H groups in total. The van der Waals surface area contributed by atoms with Crippen LogP contribution in [0.4, 0.5) is 0 Å². The molecule has 1 aliphatic rings. The molecule has 5 nitrogen and oxygen atoms in total. The molecule has 0 unspecified atom stereocenters. The highest BCUT2D eigenvalue weighted by atomic mass is 16.5. The molecule has 0 radical (unpaired) electrons. The van der Waals surface area contributed by atoms with Crippen molar-refractivity contribution in [3.63, 3.8) is 0 Å². The second-order valence-electron chi connectivity index (χ2n) is 4.10. The van der Waals surface area contributed by atoms with Gasteiger partial charge in [0.2, 0.25) is 5.88 Å². The van der Waals surface area contributed by atoms with E-state index in [1.807, 2.05) is 12.1 Å². The van der Waals surface area contributed by atoms with Gasteiger partial charge in [-0.3, -0.25) is 4.79 Å². The van der Waals surface area contributed by atoms with Gasteiger partial charge >= 0.3 is 0 Å². The van der Waals surface area contributed by atoms with Crippen LogP contribution in [0, 0.1) is 0 Å². The predicted octanol–water partition coefficient (Wildman–Crippen LogP) is 1.38. The van der Waals surface area contributed by atoms with E-state index in [0.717, 1.165) is 18.9 Å². The third-order valence-electron chi connectivity index (χ3n) is 2.74. The molecular formula is C15H16N2O3. The number of rotatable bonds is 2. The van der Waals surface area contributed by atoms with E-state index in [1.54, 1.807) is 30.5 Å². The van der Waals surface area contributed by atoms with E-state index in [9.17, 15) is 4.79 Å². The fourth-order valence-electron chi connectivity index (χ4n) is 1.77. The van der Waals surface area contributed by atoms with Gasteiger partial charge in [0.1, 0.15) is 6.73 Å². The summed E-state index contributed by atoms with van der Waals surface area (Å²) in [5.74, 6) is 0.561. The number of nitrogens with zero attached hydrogens (tertiary/aromatic N) is 1. The van der Waals surface area contributed by atoms with Crippen molar-refractivity contribution in [3.8, 4) is 5.88 Å². The smallest absolute Gasteiger partial charge is 0.253 e. The second kappa shape index (κ2) is 7.25. The highest BCUT2D eigenvalue weighted by Crippen LogP contribution is 2.19. The molecule has 0 bridgehead atoms. The zero-order valence-electron chi connectivity index (χ0n) is 11.0. The number of fused-ring (bicyclic) bond motifs is 1. The lowest BCUT2D eigenvalue weighted by molar-refractivity contribution is 0.0910. The lowest BCUT2D eigenvalue weighted by Gasteiger charge is -1.99. The van der Waals surface area contributed by atoms with Gasteiger partial charge in [0.15, 0.2) is 0 Å². The SMILES string of the molecule is O=C(NCO)c1ccccc1.c1cnc2c(c1)CCO2. The van der Waals surface area contributed by atoms with Crippen LogP contribution in [-0.4, -0.2) is 29.3 Å². The number of ether oxygens (including phenoxy) is 1. The number of pyridine rings is 1. The monoisotopic (exact) mass is 272 g/mol. The van der Waals surface area contributed by atoms with Crippen molar-refractivity contribution in [3.05, 3.63) is 59.8 Å². The molecule has 0 atom stereocenters. The Kier molecular flexibility index (Phi) is 5.08. The molecule has 1 aromatic heterocycles. The van der Waals surface area contributed by atoms with Crippen LogP contribution in [-0.2, 0) is 6.42 Å². The molecule has 2 heterocycles. The largest absolute Gasteiger partial charge is 0.477 e. The number of hydrogen-bond donors (Lipinski definition) is 2. The number of amides is 1. The molecule has 2 aromatic rings. The van der Waals surface area contributed by atoms with Gasteiger partial charge < -0.3 is 15.2 Å². The highest BCUT2D eigenvalue weighted by molar-refractivity contribution is 5.93. The van der Waals surface area contributed by atoms with Crippen molar-refractivity contribution >= 4 is 5.91 Å². The number of hydrogen-bond acceptors (Lipinski definition) is 4. The maximum atomic E-state index is 11.0. The maximum Gasteiger partial charge on any atom is 0.253 e. The molecule has 1 amide bonds. The van der Waals surface area contributed by atoms with Crippen molar-refractivity contribution in [1.29, 1.82) is 0 Å². The van der Waals surface area contributed by atoms with Crippen LogP contribution in [0.2, 0.25) is 0 Å². The molecule has 3 rings (SSSR count). The van der Waals surface area contributed by atoms with Crippen LogP contribution < -0.4 is 10.1 Å². The molecule has 1 aromatic carbocycles. The number of carbonyl (C=O) groups excluding carboxylic acids is 1. The Morgan fingerprint density at radius 3 is 2.75 bits per heavy atom. The Balaban J connectivity index is 0.000000149. The molecule has 0 spiro atoms. The zero-order valence-corrected chi connectivity index (χ0v) is 11.0. The van der Waals surface area contributed by atoms with Crippen LogP contribution in [0.5, 0.6) is 5.88 Å². The molecule has 104 valence electrons. The average molecular weight is 272 g/mol. The summed E-state index contributed by atoms with van der Waals surface area (Å²) in [5, 5.41) is 10.6. The first-order chi connectivity index (χ1) is 9.81. The van der Waals surface area contributed by atoms with E-state index in [0.29, 0.717) is 5.56 Å². The Morgan fingerprint density at radius 1 is 1.25 bits per heavy atom. The normalized spacial score (nSPS) is 11.7. The molecule has 0 saturated heterocycles. The third kappa shape index (κ3) is 3.80. The van der Waals surface area contributed by atoms with Crippen molar-refractivity contribution in [2.75, 3.05) is 13.3 Å². The molecule has 5 heteroatoms. The van der Waals surface area contributed by atoms with Crippen LogP contribution in [0.15, 0.2) is 48.7 Å². The summed E-state index contributed by atoms with van der Waals surface area (Å²) in [6.07, 6.45) is 2.77. The minimum absolute atomic E-state index is 0.256. The van der Waals surface area contributed by atoms with Gasteiger partial charge in [0.05, 0.1) is 6.61 Å². The van der Waals surface area contributed by atoms with Gasteiger partial charge in [0, 0.05) is 23.7 Å². The third-order valence-corrected chi connectivity index (χ3v) is 2.74. The standard InChI is InChI=1S/C8H9NO2.C7H7NO/c10-6-9-8(11)7-4-2-1-3-5-7;1-2-6-3-5-9-7(6)8-4-1/h1-5,10H,6H2,(H,9,11);1-2,4H,3,5H2. The van der Waals surface area contributed by atoms with Gasteiger partial charge in [-0.25, -0.2) is 4.98 Å². The maximum absolute atomic E-state index is 11.0. The first-order valence-corrected chi connectivity index (χ1v) is 6.32. The zero-order chi connectivity index (χ0) is 14.2. The van der Waals surface area contributed by atoms with Gasteiger partial charge in [-0.1, -0.05) is 24.3 Å². The number of aromatic nitrogens is 1. The molecule has 0 saturated carbocycles. The topological polar surface area (TPSA) is 71.5 Å². The van der Waals surface area contributed by atoms with E-state index in [-0.39, 0.29) is 12.6 Å². The van der Waals surface area contributed by atoms with Crippen molar-refractivity contribution < 1.29 is 14.6 Å². The number of aliphatic hydroxyl groups is 1. The van der Waals surface area contributed by atoms with Gasteiger partial charge in [-0.05, 0) is 18.2 Å². The van der Waals surface area contributed by atoms with E-state index >= 15 is 0 Å². The number of benzene rings is 1. The minimum atomic E-state index is -0.326. The Hall–Kier alpha value is -2.40. The average Bonchev–Trinajstić information content (AvgIpc) is 2.97. The summed E-state index contributed by atoms with van der Waals surface area (Å²) in [6.45, 7) is 0.472. The quantitative estimate of drug-likeness (QED) is 0.810. The van der Waals surface area contributed by atoms with Crippen molar-refractivity contribution in [2.45, 2.75) is 6.42 Å². The number of aliphatic hydroxyl groups excluding tert-OH is 1. The van der Waals surface area contributed by atoms with Crippen LogP contribution in [0.3, 0.4) is 0 Å². The fraction of sp³-hybridized carbons (Fsp3) is 0.200. The van der Waals surface area contributed by atoms with Crippen LogP contribution >= 0.6 is 0 Å². The molecular weight excluding hydrogens is 256 g/mol. The Labute approximate surface area is 117 Å². The molecule has 1 aliphatic heterocycles. The molecule has 20 heavy (non-hydrogen) atoms. The predicted molar refractivity (Wildman–Crippen MR) is 74.4 cm³/mol. The summed E-state index contributed by atoms with van der Waals surface area (Å²) in [7, 11) is 0. The fourth-order valence-corrected chi connectivity index (χ4v) is 1.77. The van der Waals surface area contributed by atoms with Gasteiger partial charge in [0.25, 0.3) is 5.91 Å².